The van der Waals surface area contributed by atoms with E-state index in [9.17, 15) is 14.7 Å². The molecule has 0 radical (unpaired) electrons. The molecule has 4 aromatic rings. The number of ether oxygens (including phenoxy) is 1. The fraction of sp³-hybridized carbons (Fsp3) is 0.154. The Morgan fingerprint density at radius 2 is 1.83 bits per heavy atom. The van der Waals surface area contributed by atoms with Gasteiger partial charge in [-0.15, -0.1) is 10.2 Å². The normalized spacial score (nSPS) is 11.2. The number of phenolic OH excluding ortho intramolecular Hbond substituents is 1. The number of para-hydroxylation sites is 1. The molecule has 10 heteroatoms. The minimum Gasteiger partial charge on any atom is -0.505 e. The lowest BCUT2D eigenvalue weighted by Gasteiger charge is -2.08. The molecular formula is C26H24N4O5S. The number of carbonyl (C=O) groups is 1. The monoisotopic (exact) mass is 504 g/mol. The number of nitrogens with zero attached hydrogens (tertiary/aromatic N) is 3. The summed E-state index contributed by atoms with van der Waals surface area (Å²) in [7, 11) is 0. The average molecular weight is 505 g/mol. The van der Waals surface area contributed by atoms with E-state index in [1.807, 2.05) is 38.3 Å². The lowest BCUT2D eigenvalue weighted by atomic mass is 10.0. The molecule has 1 aromatic heterocycles. The molecule has 0 bridgehead atoms. The van der Waals surface area contributed by atoms with Crippen molar-refractivity contribution < 1.29 is 19.7 Å². The van der Waals surface area contributed by atoms with Crippen LogP contribution in [-0.2, 0) is 5.75 Å². The molecule has 3 N–H and O–H groups in total. The van der Waals surface area contributed by atoms with Crippen LogP contribution in [0.5, 0.6) is 11.5 Å². The highest BCUT2D eigenvalue weighted by atomic mass is 32.2. The van der Waals surface area contributed by atoms with Gasteiger partial charge in [-0.3, -0.25) is 9.89 Å². The van der Waals surface area contributed by atoms with Crippen LogP contribution in [0.1, 0.15) is 16.8 Å². The van der Waals surface area contributed by atoms with Gasteiger partial charge in [-0.05, 0) is 67.1 Å². The quantitative estimate of drug-likeness (QED) is 0.150. The lowest BCUT2D eigenvalue weighted by molar-refractivity contribution is 0.144. The number of thioether (sulfide) groups is 1. The highest BCUT2D eigenvalue weighted by Gasteiger charge is 2.16. The Bertz CT molecular complexity index is 1520. The van der Waals surface area contributed by atoms with E-state index in [1.165, 1.54) is 28.6 Å². The number of hydrogen-bond donors (Lipinski definition) is 3. The molecule has 0 amide bonds. The van der Waals surface area contributed by atoms with Crippen LogP contribution in [0.4, 0.5) is 16.2 Å². The van der Waals surface area contributed by atoms with Crippen LogP contribution >= 0.6 is 11.8 Å². The first-order valence-electron chi connectivity index (χ1n) is 10.9. The second-order valence-corrected chi connectivity index (χ2v) is 8.92. The Hall–Kier alpha value is -4.31. The minimum absolute atomic E-state index is 0.118. The first-order valence-corrected chi connectivity index (χ1v) is 12.3. The number of aromatic nitrogens is 2. The molecule has 0 saturated heterocycles. The van der Waals surface area contributed by atoms with Gasteiger partial charge < -0.3 is 14.9 Å². The van der Waals surface area contributed by atoms with Crippen molar-refractivity contribution in [2.24, 2.45) is 10.2 Å². The Morgan fingerprint density at radius 3 is 2.56 bits per heavy atom. The van der Waals surface area contributed by atoms with Gasteiger partial charge in [-0.25, -0.2) is 9.48 Å². The Balaban J connectivity index is 1.72. The number of hydrogen-bond acceptors (Lipinski definition) is 7. The van der Waals surface area contributed by atoms with E-state index in [4.69, 9.17) is 9.84 Å². The van der Waals surface area contributed by atoms with Gasteiger partial charge in [-0.1, -0.05) is 30.3 Å². The number of aryl methyl sites for hydroxylation is 2. The van der Waals surface area contributed by atoms with E-state index in [1.54, 1.807) is 30.3 Å². The molecule has 0 aliphatic heterocycles. The van der Waals surface area contributed by atoms with Crippen LogP contribution in [0.25, 0.3) is 16.8 Å². The van der Waals surface area contributed by atoms with Crippen molar-refractivity contribution in [3.63, 3.8) is 0 Å². The number of H-pyrrole nitrogens is 1. The molecule has 0 aliphatic carbocycles. The molecule has 0 spiro atoms. The predicted octanol–water partition coefficient (Wildman–Crippen LogP) is 6.49. The molecule has 1 heterocycles. The summed E-state index contributed by atoms with van der Waals surface area (Å²) >= 11 is 1.53. The number of aromatic amines is 1. The number of azo groups is 1. The highest BCUT2D eigenvalue weighted by molar-refractivity contribution is 7.97. The van der Waals surface area contributed by atoms with Gasteiger partial charge in [0.1, 0.15) is 11.4 Å². The van der Waals surface area contributed by atoms with Crippen molar-refractivity contribution in [1.82, 2.24) is 9.78 Å². The molecule has 4 rings (SSSR count). The summed E-state index contributed by atoms with van der Waals surface area (Å²) in [4.78, 5) is 24.1. The number of aromatic hydroxyl groups is 1. The van der Waals surface area contributed by atoms with Crippen LogP contribution in [0.2, 0.25) is 0 Å². The summed E-state index contributed by atoms with van der Waals surface area (Å²) in [6.45, 7) is 3.99. The molecule has 0 aliphatic rings. The van der Waals surface area contributed by atoms with Crippen LogP contribution in [-0.4, -0.2) is 32.4 Å². The maximum Gasteiger partial charge on any atom is 0.511 e. The van der Waals surface area contributed by atoms with Crippen LogP contribution in [0, 0.1) is 13.8 Å². The summed E-state index contributed by atoms with van der Waals surface area (Å²) in [5, 5.41) is 31.3. The standard InChI is InChI=1S/C26H24N4O5S/c1-15-10-11-18(12-16(15)2)30-25(32)23(22(29-30)14-36-3)28-27-21-9-5-8-20(24(21)31)17-6-4-7-19(13-17)35-26(33)34/h4-13,29,31H,14H2,1-3H3,(H,33,34). The number of rotatable bonds is 7. The van der Waals surface area contributed by atoms with Crippen molar-refractivity contribution in [2.45, 2.75) is 19.6 Å². The SMILES string of the molecule is CSCc1[nH]n(-c2ccc(C)c(C)c2)c(=O)c1N=Nc1cccc(-c2cccc(OC(=O)O)c2)c1O. The summed E-state index contributed by atoms with van der Waals surface area (Å²) in [6, 6.07) is 17.0. The zero-order chi connectivity index (χ0) is 25.8. The third-order valence-electron chi connectivity index (χ3n) is 5.60. The summed E-state index contributed by atoms with van der Waals surface area (Å²) in [5.74, 6) is 0.474. The average Bonchev–Trinajstić information content (AvgIpc) is 3.15. The zero-order valence-electron chi connectivity index (χ0n) is 19.8. The molecule has 36 heavy (non-hydrogen) atoms. The van der Waals surface area contributed by atoms with Crippen LogP contribution in [0.15, 0.2) is 75.7 Å². The molecule has 0 saturated carbocycles. The molecule has 0 unspecified atom stereocenters. The second kappa shape index (κ2) is 10.5. The van der Waals surface area contributed by atoms with E-state index in [-0.39, 0.29) is 28.4 Å². The van der Waals surface area contributed by atoms with Crippen molar-refractivity contribution in [2.75, 3.05) is 6.26 Å². The summed E-state index contributed by atoms with van der Waals surface area (Å²) in [6.07, 6.45) is 0.488. The minimum atomic E-state index is -1.43. The van der Waals surface area contributed by atoms with E-state index < -0.39 is 6.16 Å². The van der Waals surface area contributed by atoms with E-state index in [2.05, 4.69) is 15.3 Å². The smallest absolute Gasteiger partial charge is 0.505 e. The maximum absolute atomic E-state index is 13.2. The molecule has 3 aromatic carbocycles. The topological polar surface area (TPSA) is 129 Å². The molecule has 9 nitrogen and oxygen atoms in total. The number of benzene rings is 3. The van der Waals surface area contributed by atoms with E-state index in [0.29, 0.717) is 28.3 Å². The number of phenols is 1. The Labute approximate surface area is 211 Å². The first kappa shape index (κ1) is 24.8. The summed E-state index contributed by atoms with van der Waals surface area (Å²) in [5.41, 5.74) is 4.40. The number of nitrogens with one attached hydrogen (secondary N) is 1. The van der Waals surface area contributed by atoms with Gasteiger partial charge >= 0.3 is 6.16 Å². The molecule has 0 fully saturated rings. The Kier molecular flexibility index (Phi) is 7.25. The van der Waals surface area contributed by atoms with Gasteiger partial charge in [-0.2, -0.15) is 11.8 Å². The zero-order valence-corrected chi connectivity index (χ0v) is 20.7. The third kappa shape index (κ3) is 5.18. The van der Waals surface area contributed by atoms with Gasteiger partial charge in [0.05, 0.1) is 11.4 Å². The number of carboxylic acid groups (broad SMARTS) is 1. The third-order valence-corrected chi connectivity index (χ3v) is 6.18. The fourth-order valence-corrected chi connectivity index (χ4v) is 4.13. The highest BCUT2D eigenvalue weighted by Crippen LogP contribution is 2.39. The van der Waals surface area contributed by atoms with E-state index >= 15 is 0 Å². The van der Waals surface area contributed by atoms with Crippen molar-refractivity contribution in [3.8, 4) is 28.3 Å². The van der Waals surface area contributed by atoms with Gasteiger partial charge in [0.2, 0.25) is 0 Å². The largest absolute Gasteiger partial charge is 0.511 e. The van der Waals surface area contributed by atoms with Gasteiger partial charge in [0, 0.05) is 11.3 Å². The van der Waals surface area contributed by atoms with Gasteiger partial charge in [0.25, 0.3) is 5.56 Å². The predicted molar refractivity (Wildman–Crippen MR) is 139 cm³/mol. The van der Waals surface area contributed by atoms with Crippen molar-refractivity contribution in [3.05, 3.63) is 87.8 Å². The van der Waals surface area contributed by atoms with Crippen LogP contribution in [0.3, 0.4) is 0 Å². The Morgan fingerprint density at radius 1 is 1.06 bits per heavy atom. The fourth-order valence-electron chi connectivity index (χ4n) is 3.65. The van der Waals surface area contributed by atoms with Gasteiger partial charge in [0.15, 0.2) is 11.4 Å². The first-order chi connectivity index (χ1) is 17.3. The van der Waals surface area contributed by atoms with Crippen molar-refractivity contribution in [1.29, 1.82) is 0 Å². The maximum atomic E-state index is 13.2. The molecular weight excluding hydrogens is 480 g/mol. The summed E-state index contributed by atoms with van der Waals surface area (Å²) < 4.78 is 6.15. The molecule has 0 atom stereocenters. The second-order valence-electron chi connectivity index (χ2n) is 8.05. The van der Waals surface area contributed by atoms with Crippen LogP contribution < -0.4 is 10.3 Å². The lowest BCUT2D eigenvalue weighted by Crippen LogP contribution is -2.14. The van der Waals surface area contributed by atoms with Crippen molar-refractivity contribution >= 4 is 29.3 Å². The molecule has 184 valence electrons. The van der Waals surface area contributed by atoms with E-state index in [0.717, 1.165) is 11.1 Å².